The molecule has 0 bridgehead atoms. The van der Waals surface area contributed by atoms with Crippen LogP contribution in [-0.4, -0.2) is 0 Å². The van der Waals surface area contributed by atoms with E-state index in [9.17, 15) is 0 Å². The second kappa shape index (κ2) is 4.34. The molecule has 0 aliphatic carbocycles. The normalized spacial score (nSPS) is 9.56. The molecule has 2 heteroatoms. The first kappa shape index (κ1) is 11.3. The molecule has 0 saturated carbocycles. The molecule has 0 aromatic heterocycles. The average molecular weight is 128 g/mol. The molecule has 0 aliphatic rings. The van der Waals surface area contributed by atoms with E-state index in [1.54, 1.807) is 0 Å². The van der Waals surface area contributed by atoms with Gasteiger partial charge in [-0.15, -0.1) is 0 Å². The third-order valence-corrected chi connectivity index (χ3v) is 1.18. The van der Waals surface area contributed by atoms with E-state index < -0.39 is 0 Å². The fraction of sp³-hybridized carbons (Fsp3) is 0.857. The van der Waals surface area contributed by atoms with Crippen molar-refractivity contribution >= 4 is 0 Å². The molecule has 0 atom stereocenters. The number of nitriles is 1. The minimum Gasteiger partial charge on any atom is -0.344 e. The molecule has 0 fully saturated rings. The fourth-order valence-electron chi connectivity index (χ4n) is 0.681. The molecule has 0 amide bonds. The van der Waals surface area contributed by atoms with Gasteiger partial charge in [-0.3, -0.25) is 0 Å². The van der Waals surface area contributed by atoms with E-state index in [2.05, 4.69) is 13.0 Å². The molecule has 3 N–H and O–H groups in total. The van der Waals surface area contributed by atoms with Crippen molar-refractivity contribution in [3.05, 3.63) is 0 Å². The zero-order valence-electron chi connectivity index (χ0n) is 6.57. The standard InChI is InChI=1S/C7H13N.H3N/c1-4-5-7(2,3)6-8;/h4-5H2,1-3H3;1H3. The lowest BCUT2D eigenvalue weighted by Crippen LogP contribution is -2.05. The Balaban J connectivity index is 0. The van der Waals surface area contributed by atoms with Crippen LogP contribution in [0.5, 0.6) is 0 Å². The summed E-state index contributed by atoms with van der Waals surface area (Å²) in [6.45, 7) is 6.03. The Bertz CT molecular complexity index is 100.0. The van der Waals surface area contributed by atoms with Crippen molar-refractivity contribution in [3.63, 3.8) is 0 Å². The minimum absolute atomic E-state index is 0. The van der Waals surface area contributed by atoms with Crippen molar-refractivity contribution in [1.82, 2.24) is 6.15 Å². The van der Waals surface area contributed by atoms with Gasteiger partial charge in [0.15, 0.2) is 0 Å². The maximum atomic E-state index is 8.48. The van der Waals surface area contributed by atoms with Crippen LogP contribution in [-0.2, 0) is 0 Å². The van der Waals surface area contributed by atoms with Gasteiger partial charge in [0.1, 0.15) is 0 Å². The van der Waals surface area contributed by atoms with Gasteiger partial charge in [-0.05, 0) is 20.3 Å². The summed E-state index contributed by atoms with van der Waals surface area (Å²) in [6.07, 6.45) is 2.10. The molecular weight excluding hydrogens is 112 g/mol. The van der Waals surface area contributed by atoms with Crippen LogP contribution >= 0.6 is 0 Å². The van der Waals surface area contributed by atoms with E-state index in [0.717, 1.165) is 12.8 Å². The third-order valence-electron chi connectivity index (χ3n) is 1.18. The summed E-state index contributed by atoms with van der Waals surface area (Å²) in [6, 6.07) is 2.24. The second-order valence-electron chi connectivity index (χ2n) is 2.75. The Hall–Kier alpha value is -0.550. The van der Waals surface area contributed by atoms with E-state index in [1.807, 2.05) is 13.8 Å². The quantitative estimate of drug-likeness (QED) is 0.621. The molecule has 0 aromatic carbocycles. The highest BCUT2D eigenvalue weighted by molar-refractivity contribution is 4.90. The Morgan fingerprint density at radius 2 is 1.89 bits per heavy atom. The zero-order chi connectivity index (χ0) is 6.62. The van der Waals surface area contributed by atoms with Crippen LogP contribution < -0.4 is 6.15 Å². The molecule has 0 aliphatic heterocycles. The van der Waals surface area contributed by atoms with Crippen molar-refractivity contribution in [3.8, 4) is 6.07 Å². The molecule has 0 unspecified atom stereocenters. The summed E-state index contributed by atoms with van der Waals surface area (Å²) in [5.41, 5.74) is -0.102. The van der Waals surface area contributed by atoms with Crippen molar-refractivity contribution in [2.75, 3.05) is 0 Å². The second-order valence-corrected chi connectivity index (χ2v) is 2.75. The van der Waals surface area contributed by atoms with Crippen molar-refractivity contribution in [1.29, 1.82) is 5.26 Å². The van der Waals surface area contributed by atoms with Crippen LogP contribution in [0.3, 0.4) is 0 Å². The molecular formula is C7H16N2. The monoisotopic (exact) mass is 128 g/mol. The summed E-state index contributed by atoms with van der Waals surface area (Å²) in [5, 5.41) is 8.48. The van der Waals surface area contributed by atoms with Crippen LogP contribution in [0.4, 0.5) is 0 Å². The van der Waals surface area contributed by atoms with E-state index >= 15 is 0 Å². The van der Waals surface area contributed by atoms with Gasteiger partial charge in [-0.25, -0.2) is 0 Å². The summed E-state index contributed by atoms with van der Waals surface area (Å²) in [7, 11) is 0. The minimum atomic E-state index is -0.102. The predicted octanol–water partition coefficient (Wildman–Crippen LogP) is 2.50. The first-order valence-electron chi connectivity index (χ1n) is 3.03. The smallest absolute Gasteiger partial charge is 0.0683 e. The average Bonchev–Trinajstić information content (AvgIpc) is 1.67. The Morgan fingerprint density at radius 3 is 2.00 bits per heavy atom. The highest BCUT2D eigenvalue weighted by Gasteiger charge is 2.13. The maximum absolute atomic E-state index is 8.48. The molecule has 0 rings (SSSR count). The van der Waals surface area contributed by atoms with E-state index in [1.165, 1.54) is 0 Å². The number of hydrogen-bond donors (Lipinski definition) is 1. The summed E-state index contributed by atoms with van der Waals surface area (Å²) in [4.78, 5) is 0. The Morgan fingerprint density at radius 1 is 1.44 bits per heavy atom. The zero-order valence-corrected chi connectivity index (χ0v) is 6.57. The lowest BCUT2D eigenvalue weighted by Gasteiger charge is -2.11. The van der Waals surface area contributed by atoms with Gasteiger partial charge >= 0.3 is 0 Å². The molecule has 2 nitrogen and oxygen atoms in total. The van der Waals surface area contributed by atoms with Crippen LogP contribution in [0, 0.1) is 16.7 Å². The topological polar surface area (TPSA) is 58.8 Å². The number of hydrogen-bond acceptors (Lipinski definition) is 2. The van der Waals surface area contributed by atoms with Gasteiger partial charge in [0, 0.05) is 0 Å². The van der Waals surface area contributed by atoms with Crippen molar-refractivity contribution in [2.45, 2.75) is 33.6 Å². The summed E-state index contributed by atoms with van der Waals surface area (Å²) < 4.78 is 0. The van der Waals surface area contributed by atoms with Gasteiger partial charge in [-0.2, -0.15) is 5.26 Å². The number of rotatable bonds is 2. The van der Waals surface area contributed by atoms with Crippen molar-refractivity contribution < 1.29 is 0 Å². The van der Waals surface area contributed by atoms with Crippen LogP contribution in [0.2, 0.25) is 0 Å². The molecule has 0 saturated heterocycles. The first-order valence-corrected chi connectivity index (χ1v) is 3.03. The van der Waals surface area contributed by atoms with Crippen LogP contribution in [0.1, 0.15) is 33.6 Å². The predicted molar refractivity (Wildman–Crippen MR) is 39.3 cm³/mol. The van der Waals surface area contributed by atoms with E-state index in [4.69, 9.17) is 5.26 Å². The van der Waals surface area contributed by atoms with Crippen molar-refractivity contribution in [2.24, 2.45) is 5.41 Å². The molecule has 54 valence electrons. The van der Waals surface area contributed by atoms with Crippen LogP contribution in [0.15, 0.2) is 0 Å². The molecule has 0 heterocycles. The third kappa shape index (κ3) is 5.32. The molecule has 0 spiro atoms. The lowest BCUT2D eigenvalue weighted by atomic mass is 9.90. The molecule has 9 heavy (non-hydrogen) atoms. The Kier molecular flexibility index (Phi) is 5.44. The van der Waals surface area contributed by atoms with Gasteiger partial charge in [-0.1, -0.05) is 13.3 Å². The highest BCUT2D eigenvalue weighted by Crippen LogP contribution is 2.19. The number of nitrogens with zero attached hydrogens (tertiary/aromatic N) is 1. The highest BCUT2D eigenvalue weighted by atomic mass is 14.3. The first-order chi connectivity index (χ1) is 3.62. The largest absolute Gasteiger partial charge is 0.344 e. The van der Waals surface area contributed by atoms with Crippen LogP contribution in [0.25, 0.3) is 0 Å². The Labute approximate surface area is 57.5 Å². The van der Waals surface area contributed by atoms with Gasteiger partial charge in [0.05, 0.1) is 11.5 Å². The van der Waals surface area contributed by atoms with Gasteiger partial charge in [0.25, 0.3) is 0 Å². The summed E-state index contributed by atoms with van der Waals surface area (Å²) in [5.74, 6) is 0. The fourth-order valence-corrected chi connectivity index (χ4v) is 0.681. The van der Waals surface area contributed by atoms with E-state index in [-0.39, 0.29) is 11.6 Å². The SMILES string of the molecule is CCCC(C)(C)C#N.N. The van der Waals surface area contributed by atoms with E-state index in [0.29, 0.717) is 0 Å². The molecule has 0 aromatic rings. The maximum Gasteiger partial charge on any atom is 0.0683 e. The van der Waals surface area contributed by atoms with Gasteiger partial charge in [0.2, 0.25) is 0 Å². The lowest BCUT2D eigenvalue weighted by molar-refractivity contribution is 0.446. The van der Waals surface area contributed by atoms with Gasteiger partial charge < -0.3 is 6.15 Å². The summed E-state index contributed by atoms with van der Waals surface area (Å²) >= 11 is 0. The molecule has 0 radical (unpaired) electrons.